The lowest BCUT2D eigenvalue weighted by Crippen LogP contribution is -2.50. The van der Waals surface area contributed by atoms with Crippen LogP contribution in [0.15, 0.2) is 48.5 Å². The zero-order valence-corrected chi connectivity index (χ0v) is 17.7. The van der Waals surface area contributed by atoms with Crippen LogP contribution in [0.1, 0.15) is 35.1 Å². The van der Waals surface area contributed by atoms with E-state index in [0.29, 0.717) is 32.6 Å². The molecule has 1 aliphatic carbocycles. The normalized spacial score (nSPS) is 22.2. The molecule has 5 nitrogen and oxygen atoms in total. The fraction of sp³-hybridized carbons (Fsp3) is 0.417. The van der Waals surface area contributed by atoms with Gasteiger partial charge in [0, 0.05) is 32.1 Å². The molecule has 168 valence electrons. The minimum atomic E-state index is -4.36. The van der Waals surface area contributed by atoms with Gasteiger partial charge in [-0.1, -0.05) is 24.3 Å². The molecule has 3 unspecified atom stereocenters. The first-order valence-electron chi connectivity index (χ1n) is 10.6. The van der Waals surface area contributed by atoms with Crippen LogP contribution in [-0.4, -0.2) is 49.0 Å². The maximum absolute atomic E-state index is 12.9. The highest BCUT2D eigenvalue weighted by molar-refractivity contribution is 5.83. The zero-order valence-electron chi connectivity index (χ0n) is 17.7. The van der Waals surface area contributed by atoms with E-state index in [9.17, 15) is 23.2 Å². The molecule has 2 aromatic rings. The van der Waals surface area contributed by atoms with Gasteiger partial charge >= 0.3 is 6.18 Å². The number of halogens is 3. The van der Waals surface area contributed by atoms with E-state index in [1.165, 1.54) is 12.1 Å². The van der Waals surface area contributed by atoms with Crippen LogP contribution in [0, 0.1) is 17.2 Å². The Labute approximate surface area is 185 Å². The number of methoxy groups -OCH3 is 1. The molecule has 0 bridgehead atoms. The smallest absolute Gasteiger partial charge is 0.416 e. The highest BCUT2D eigenvalue weighted by atomic mass is 19.4. The number of carbonyl (C=O) groups excluding carboxylic acids is 1. The molecule has 3 atom stereocenters. The third-order valence-electron chi connectivity index (χ3n) is 6.32. The van der Waals surface area contributed by atoms with Crippen LogP contribution in [0.4, 0.5) is 13.2 Å². The van der Waals surface area contributed by atoms with Crippen molar-refractivity contribution in [2.24, 2.45) is 5.92 Å². The quantitative estimate of drug-likeness (QED) is 0.694. The summed E-state index contributed by atoms with van der Waals surface area (Å²) in [6.45, 7) is 2.24. The summed E-state index contributed by atoms with van der Waals surface area (Å²) >= 11 is 0. The number of alkyl halides is 3. The summed E-state index contributed by atoms with van der Waals surface area (Å²) in [6, 6.07) is 14.5. The monoisotopic (exact) mass is 443 g/mol. The van der Waals surface area contributed by atoms with Crippen molar-refractivity contribution in [1.29, 1.82) is 5.26 Å². The number of carbonyl (C=O) groups is 1. The molecule has 1 saturated carbocycles. The summed E-state index contributed by atoms with van der Waals surface area (Å²) in [5, 5.41) is 9.69. The highest BCUT2D eigenvalue weighted by Gasteiger charge is 2.46. The lowest BCUT2D eigenvalue weighted by molar-refractivity contribution is -0.137. The summed E-state index contributed by atoms with van der Waals surface area (Å²) in [4.78, 5) is 16.8. The second kappa shape index (κ2) is 8.83. The van der Waals surface area contributed by atoms with Gasteiger partial charge < -0.3 is 9.64 Å². The first-order valence-corrected chi connectivity index (χ1v) is 10.6. The van der Waals surface area contributed by atoms with Crippen LogP contribution in [0.25, 0.3) is 0 Å². The Bertz CT molecular complexity index is 991. The summed E-state index contributed by atoms with van der Waals surface area (Å²) < 4.78 is 43.4. The minimum Gasteiger partial charge on any atom is -0.497 e. The van der Waals surface area contributed by atoms with Gasteiger partial charge in [-0.2, -0.15) is 18.4 Å². The minimum absolute atomic E-state index is 0.0195. The number of amides is 1. The van der Waals surface area contributed by atoms with Gasteiger partial charge in [-0.05, 0) is 47.7 Å². The molecule has 2 aromatic carbocycles. The van der Waals surface area contributed by atoms with Crippen LogP contribution < -0.4 is 4.74 Å². The molecule has 1 aliphatic heterocycles. The third-order valence-corrected chi connectivity index (χ3v) is 6.32. The standard InChI is InChI=1S/C24H24F3N3O2/c1-32-19-8-4-17(5-9-19)22(15-28)29-10-12-30(13-11-29)23(31)21-14-20(21)16-2-6-18(7-3-16)24(25,26)27/h2-9,20-22H,10-14H2,1H3. The topological polar surface area (TPSA) is 56.6 Å². The van der Waals surface area contributed by atoms with Crippen molar-refractivity contribution in [1.82, 2.24) is 9.80 Å². The number of nitrogens with zero attached hydrogens (tertiary/aromatic N) is 3. The average Bonchev–Trinajstić information content (AvgIpc) is 3.60. The van der Waals surface area contributed by atoms with Crippen molar-refractivity contribution in [2.75, 3.05) is 33.3 Å². The van der Waals surface area contributed by atoms with Gasteiger partial charge in [-0.25, -0.2) is 0 Å². The highest BCUT2D eigenvalue weighted by Crippen LogP contribution is 2.49. The van der Waals surface area contributed by atoms with E-state index in [-0.39, 0.29) is 23.8 Å². The molecule has 0 radical (unpaired) electrons. The van der Waals surface area contributed by atoms with Crippen molar-refractivity contribution in [3.8, 4) is 11.8 Å². The third kappa shape index (κ3) is 4.58. The van der Waals surface area contributed by atoms with Crippen LogP contribution in [-0.2, 0) is 11.0 Å². The second-order valence-electron chi connectivity index (χ2n) is 8.23. The Hall–Kier alpha value is -3.05. The Kier molecular flexibility index (Phi) is 6.11. The van der Waals surface area contributed by atoms with Gasteiger partial charge in [0.05, 0.1) is 18.7 Å². The SMILES string of the molecule is COc1ccc(C(C#N)N2CCN(C(=O)C3CC3c3ccc(C(F)(F)F)cc3)CC2)cc1. The summed E-state index contributed by atoms with van der Waals surface area (Å²) in [5.41, 5.74) is 0.987. The van der Waals surface area contributed by atoms with E-state index in [1.54, 1.807) is 7.11 Å². The molecule has 0 N–H and O–H groups in total. The van der Waals surface area contributed by atoms with Crippen molar-refractivity contribution in [3.63, 3.8) is 0 Å². The number of benzene rings is 2. The Morgan fingerprint density at radius 2 is 1.69 bits per heavy atom. The van der Waals surface area contributed by atoms with Crippen molar-refractivity contribution in [2.45, 2.75) is 24.6 Å². The molecule has 0 aromatic heterocycles. The van der Waals surface area contributed by atoms with Gasteiger partial charge in [0.1, 0.15) is 11.8 Å². The Morgan fingerprint density at radius 3 is 2.22 bits per heavy atom. The Morgan fingerprint density at radius 1 is 1.06 bits per heavy atom. The lowest BCUT2D eigenvalue weighted by Gasteiger charge is -2.37. The predicted molar refractivity (Wildman–Crippen MR) is 112 cm³/mol. The van der Waals surface area contributed by atoms with E-state index in [4.69, 9.17) is 4.74 Å². The summed E-state index contributed by atoms with van der Waals surface area (Å²) in [7, 11) is 1.59. The fourth-order valence-corrected chi connectivity index (χ4v) is 4.34. The summed E-state index contributed by atoms with van der Waals surface area (Å²) in [6.07, 6.45) is -3.69. The fourth-order valence-electron chi connectivity index (χ4n) is 4.34. The number of hydrogen-bond acceptors (Lipinski definition) is 4. The zero-order chi connectivity index (χ0) is 22.9. The van der Waals surface area contributed by atoms with Gasteiger partial charge in [-0.15, -0.1) is 0 Å². The molecule has 32 heavy (non-hydrogen) atoms. The van der Waals surface area contributed by atoms with E-state index in [0.717, 1.165) is 29.0 Å². The van der Waals surface area contributed by atoms with Gasteiger partial charge in [-0.3, -0.25) is 9.69 Å². The molecule has 8 heteroatoms. The molecule has 1 amide bonds. The van der Waals surface area contributed by atoms with Crippen LogP contribution in [0.5, 0.6) is 5.75 Å². The molecule has 1 heterocycles. The van der Waals surface area contributed by atoms with Gasteiger partial charge in [0.15, 0.2) is 0 Å². The molecule has 4 rings (SSSR count). The average molecular weight is 443 g/mol. The molecule has 2 fully saturated rings. The first-order chi connectivity index (χ1) is 15.3. The van der Waals surface area contributed by atoms with E-state index in [2.05, 4.69) is 11.0 Å². The van der Waals surface area contributed by atoms with Crippen molar-refractivity contribution >= 4 is 5.91 Å². The molecule has 2 aliphatic rings. The van der Waals surface area contributed by atoms with E-state index >= 15 is 0 Å². The lowest BCUT2D eigenvalue weighted by atomic mass is 10.0. The second-order valence-corrected chi connectivity index (χ2v) is 8.23. The maximum Gasteiger partial charge on any atom is 0.416 e. The van der Waals surface area contributed by atoms with Crippen LogP contribution >= 0.6 is 0 Å². The first kappa shape index (κ1) is 22.2. The summed E-state index contributed by atoms with van der Waals surface area (Å²) in [5.74, 6) is 0.584. The van der Waals surface area contributed by atoms with Gasteiger partial charge in [0.2, 0.25) is 5.91 Å². The number of hydrogen-bond donors (Lipinski definition) is 0. The molecule has 0 spiro atoms. The van der Waals surface area contributed by atoms with Crippen molar-refractivity contribution in [3.05, 3.63) is 65.2 Å². The van der Waals surface area contributed by atoms with Gasteiger partial charge in [0.25, 0.3) is 0 Å². The van der Waals surface area contributed by atoms with Crippen LogP contribution in [0.2, 0.25) is 0 Å². The maximum atomic E-state index is 12.9. The molecular weight excluding hydrogens is 419 g/mol. The number of nitriles is 1. The van der Waals surface area contributed by atoms with Crippen molar-refractivity contribution < 1.29 is 22.7 Å². The van der Waals surface area contributed by atoms with Crippen LogP contribution in [0.3, 0.4) is 0 Å². The van der Waals surface area contributed by atoms with E-state index < -0.39 is 11.7 Å². The molecular formula is C24H24F3N3O2. The Balaban J connectivity index is 1.32. The number of rotatable bonds is 5. The number of ether oxygens (including phenoxy) is 1. The predicted octanol–water partition coefficient (Wildman–Crippen LogP) is 4.23. The van der Waals surface area contributed by atoms with E-state index in [1.807, 2.05) is 29.2 Å². The molecule has 1 saturated heterocycles. The largest absolute Gasteiger partial charge is 0.497 e. The number of piperazine rings is 1.